The Labute approximate surface area is 93.4 Å². The molecule has 0 fully saturated rings. The normalized spacial score (nSPS) is 11.1. The first-order chi connectivity index (χ1) is 6.92. The summed E-state index contributed by atoms with van der Waals surface area (Å²) in [5.74, 6) is 0.499. The molecular formula is C8H11ClN2O3S. The van der Waals surface area contributed by atoms with Crippen LogP contribution >= 0.6 is 11.6 Å². The Kier molecular flexibility index (Phi) is 3.78. The summed E-state index contributed by atoms with van der Waals surface area (Å²) in [6.45, 7) is 2.31. The molecule has 1 aromatic rings. The monoisotopic (exact) mass is 250 g/mol. The molecule has 0 atom stereocenters. The van der Waals surface area contributed by atoms with Crippen LogP contribution in [0.4, 0.5) is 5.69 Å². The van der Waals surface area contributed by atoms with E-state index in [1.807, 2.05) is 6.92 Å². The molecule has 0 bridgehead atoms. The first kappa shape index (κ1) is 12.1. The van der Waals surface area contributed by atoms with Gasteiger partial charge in [-0.2, -0.15) is 8.42 Å². The van der Waals surface area contributed by atoms with Crippen molar-refractivity contribution in [2.45, 2.75) is 6.92 Å². The quantitative estimate of drug-likeness (QED) is 0.846. The van der Waals surface area contributed by atoms with Gasteiger partial charge in [0.2, 0.25) is 0 Å². The molecule has 0 unspecified atom stereocenters. The molecule has 84 valence electrons. The molecule has 0 aliphatic heterocycles. The fourth-order valence-electron chi connectivity index (χ4n) is 1.00. The van der Waals surface area contributed by atoms with Crippen LogP contribution in [-0.2, 0) is 10.2 Å². The van der Waals surface area contributed by atoms with Crippen LogP contribution in [0.5, 0.6) is 5.75 Å². The predicted molar refractivity (Wildman–Crippen MR) is 59.4 cm³/mol. The lowest BCUT2D eigenvalue weighted by atomic mass is 10.3. The van der Waals surface area contributed by atoms with Crippen LogP contribution in [0.3, 0.4) is 0 Å². The molecule has 0 heterocycles. The lowest BCUT2D eigenvalue weighted by molar-refractivity contribution is 0.340. The van der Waals surface area contributed by atoms with Crippen molar-refractivity contribution in [2.75, 3.05) is 11.3 Å². The number of benzene rings is 1. The summed E-state index contributed by atoms with van der Waals surface area (Å²) in [5.41, 5.74) is 0.297. The van der Waals surface area contributed by atoms with Crippen molar-refractivity contribution in [3.8, 4) is 5.75 Å². The van der Waals surface area contributed by atoms with Gasteiger partial charge in [0.25, 0.3) is 10.2 Å². The summed E-state index contributed by atoms with van der Waals surface area (Å²) in [6.07, 6.45) is 0. The van der Waals surface area contributed by atoms with Gasteiger partial charge in [0.05, 0.1) is 17.3 Å². The summed E-state index contributed by atoms with van der Waals surface area (Å²) < 4.78 is 28.7. The second kappa shape index (κ2) is 4.69. The number of nitrogens with two attached hydrogens (primary N) is 1. The Morgan fingerprint density at radius 2 is 2.20 bits per heavy atom. The van der Waals surface area contributed by atoms with E-state index in [0.717, 1.165) is 0 Å². The minimum Gasteiger partial charge on any atom is -0.492 e. The van der Waals surface area contributed by atoms with E-state index < -0.39 is 10.2 Å². The molecule has 0 radical (unpaired) electrons. The van der Waals surface area contributed by atoms with Crippen molar-refractivity contribution in [3.63, 3.8) is 0 Å². The minimum atomic E-state index is -3.77. The summed E-state index contributed by atoms with van der Waals surface area (Å²) in [7, 11) is -3.77. The number of rotatable bonds is 4. The highest BCUT2D eigenvalue weighted by Crippen LogP contribution is 2.27. The van der Waals surface area contributed by atoms with Crippen molar-refractivity contribution in [3.05, 3.63) is 23.2 Å². The summed E-state index contributed by atoms with van der Waals surface area (Å²) in [4.78, 5) is 0. The fraction of sp³-hybridized carbons (Fsp3) is 0.250. The van der Waals surface area contributed by atoms with Gasteiger partial charge in [-0.25, -0.2) is 5.14 Å². The number of hydrogen-bond donors (Lipinski definition) is 2. The van der Waals surface area contributed by atoms with Crippen molar-refractivity contribution < 1.29 is 13.2 Å². The SMILES string of the molecule is CCOc1ccc(NS(N)(=O)=O)cc1Cl. The van der Waals surface area contributed by atoms with Crippen molar-refractivity contribution in [2.24, 2.45) is 5.14 Å². The molecule has 0 saturated carbocycles. The minimum absolute atomic E-state index is 0.297. The van der Waals surface area contributed by atoms with Gasteiger partial charge in [-0.05, 0) is 25.1 Å². The molecule has 7 heteroatoms. The van der Waals surface area contributed by atoms with Crippen molar-refractivity contribution in [1.82, 2.24) is 0 Å². The molecule has 0 aliphatic rings. The van der Waals surface area contributed by atoms with Gasteiger partial charge in [-0.3, -0.25) is 4.72 Å². The smallest absolute Gasteiger partial charge is 0.296 e. The number of ether oxygens (including phenoxy) is 1. The largest absolute Gasteiger partial charge is 0.492 e. The topological polar surface area (TPSA) is 81.4 Å². The van der Waals surface area contributed by atoms with E-state index in [9.17, 15) is 8.42 Å². The number of nitrogens with one attached hydrogen (secondary N) is 1. The Balaban J connectivity index is 2.91. The van der Waals surface area contributed by atoms with Crippen LogP contribution in [0.25, 0.3) is 0 Å². The van der Waals surface area contributed by atoms with Gasteiger partial charge in [0.15, 0.2) is 0 Å². The Morgan fingerprint density at radius 3 is 2.67 bits per heavy atom. The summed E-state index contributed by atoms with van der Waals surface area (Å²) in [6, 6.07) is 4.51. The molecule has 0 amide bonds. The van der Waals surface area contributed by atoms with Crippen LogP contribution < -0.4 is 14.6 Å². The van der Waals surface area contributed by atoms with Gasteiger partial charge in [-0.1, -0.05) is 11.6 Å². The van der Waals surface area contributed by atoms with Gasteiger partial charge in [0, 0.05) is 0 Å². The van der Waals surface area contributed by atoms with E-state index >= 15 is 0 Å². The van der Waals surface area contributed by atoms with Gasteiger partial charge < -0.3 is 4.74 Å². The lowest BCUT2D eigenvalue weighted by Crippen LogP contribution is -2.21. The van der Waals surface area contributed by atoms with Crippen molar-refractivity contribution >= 4 is 27.5 Å². The predicted octanol–water partition coefficient (Wildman–Crippen LogP) is 1.35. The standard InChI is InChI=1S/C8H11ClN2O3S/c1-2-14-8-4-3-6(5-7(8)9)11-15(10,12)13/h3-5,11H,2H2,1H3,(H2,10,12,13). The average molecular weight is 251 g/mol. The molecule has 3 N–H and O–H groups in total. The molecule has 0 saturated heterocycles. The molecule has 0 spiro atoms. The molecule has 0 aromatic heterocycles. The second-order valence-corrected chi connectivity index (χ2v) is 4.43. The zero-order valence-corrected chi connectivity index (χ0v) is 9.60. The summed E-state index contributed by atoms with van der Waals surface area (Å²) >= 11 is 5.84. The zero-order chi connectivity index (χ0) is 11.5. The fourth-order valence-corrected chi connectivity index (χ4v) is 1.69. The van der Waals surface area contributed by atoms with E-state index in [2.05, 4.69) is 4.72 Å². The van der Waals surface area contributed by atoms with Crippen LogP contribution in [0, 0.1) is 0 Å². The third-order valence-electron chi connectivity index (χ3n) is 1.49. The molecule has 5 nitrogen and oxygen atoms in total. The van der Waals surface area contributed by atoms with Gasteiger partial charge in [0.1, 0.15) is 5.75 Å². The van der Waals surface area contributed by atoms with E-state index in [1.165, 1.54) is 12.1 Å². The highest BCUT2D eigenvalue weighted by molar-refractivity contribution is 7.90. The Bertz CT molecular complexity index is 447. The Morgan fingerprint density at radius 1 is 1.53 bits per heavy atom. The number of anilines is 1. The third kappa shape index (κ3) is 3.94. The van der Waals surface area contributed by atoms with E-state index in [4.69, 9.17) is 21.5 Å². The zero-order valence-electron chi connectivity index (χ0n) is 8.03. The van der Waals surface area contributed by atoms with Crippen LogP contribution in [0.2, 0.25) is 5.02 Å². The Hall–Kier alpha value is -0.980. The maximum Gasteiger partial charge on any atom is 0.296 e. The second-order valence-electron chi connectivity index (χ2n) is 2.73. The molecule has 0 aliphatic carbocycles. The van der Waals surface area contributed by atoms with E-state index in [-0.39, 0.29) is 0 Å². The van der Waals surface area contributed by atoms with Crippen LogP contribution in [0.15, 0.2) is 18.2 Å². The highest BCUT2D eigenvalue weighted by atomic mass is 35.5. The summed E-state index contributed by atoms with van der Waals surface area (Å²) in [5, 5.41) is 5.13. The molecule has 1 aromatic carbocycles. The molecule has 1 rings (SSSR count). The molecular weight excluding hydrogens is 240 g/mol. The average Bonchev–Trinajstić information content (AvgIpc) is 2.07. The molecule has 15 heavy (non-hydrogen) atoms. The number of halogens is 1. The highest BCUT2D eigenvalue weighted by Gasteiger charge is 2.06. The van der Waals surface area contributed by atoms with E-state index in [1.54, 1.807) is 6.07 Å². The van der Waals surface area contributed by atoms with E-state index in [0.29, 0.717) is 23.1 Å². The maximum absolute atomic E-state index is 10.7. The third-order valence-corrected chi connectivity index (χ3v) is 2.31. The first-order valence-corrected chi connectivity index (χ1v) is 6.07. The first-order valence-electron chi connectivity index (χ1n) is 4.15. The lowest BCUT2D eigenvalue weighted by Gasteiger charge is -2.08. The van der Waals surface area contributed by atoms with Crippen molar-refractivity contribution in [1.29, 1.82) is 0 Å². The van der Waals surface area contributed by atoms with Gasteiger partial charge in [-0.15, -0.1) is 0 Å². The van der Waals surface area contributed by atoms with Crippen LogP contribution in [0.1, 0.15) is 6.92 Å². The maximum atomic E-state index is 10.7. The number of hydrogen-bond acceptors (Lipinski definition) is 3. The van der Waals surface area contributed by atoms with Crippen LogP contribution in [-0.4, -0.2) is 15.0 Å². The van der Waals surface area contributed by atoms with Gasteiger partial charge >= 0.3 is 0 Å².